The minimum absolute atomic E-state index is 0.0402. The average Bonchev–Trinajstić information content (AvgIpc) is 2.69. The Hall–Kier alpha value is -3.14. The smallest absolute Gasteiger partial charge is 0.224 e. The summed E-state index contributed by atoms with van der Waals surface area (Å²) in [6, 6.07) is 21.6. The van der Waals surface area contributed by atoms with Crippen LogP contribution in [0.1, 0.15) is 19.8 Å². The highest BCUT2D eigenvalue weighted by atomic mass is 16.5. The fourth-order valence-corrected chi connectivity index (χ4v) is 2.71. The Balaban J connectivity index is 1.82. The van der Waals surface area contributed by atoms with Crippen LogP contribution in [0.25, 0.3) is 22.5 Å². The lowest BCUT2D eigenvalue weighted by Crippen LogP contribution is -2.10. The van der Waals surface area contributed by atoms with Crippen LogP contribution in [0, 0.1) is 0 Å². The van der Waals surface area contributed by atoms with Crippen molar-refractivity contribution in [3.8, 4) is 28.3 Å². The molecule has 1 aromatic heterocycles. The lowest BCUT2D eigenvalue weighted by Gasteiger charge is -2.08. The van der Waals surface area contributed by atoms with Gasteiger partial charge in [0.15, 0.2) is 0 Å². The third-order valence-electron chi connectivity index (χ3n) is 4.06. The number of anilines is 1. The molecule has 4 heteroatoms. The van der Waals surface area contributed by atoms with E-state index in [0.29, 0.717) is 6.42 Å². The Morgan fingerprint density at radius 2 is 1.65 bits per heavy atom. The van der Waals surface area contributed by atoms with Crippen LogP contribution in [-0.4, -0.2) is 18.0 Å². The molecular formula is C22H22N2O2. The second kappa shape index (κ2) is 8.30. The molecule has 2 aromatic carbocycles. The van der Waals surface area contributed by atoms with Crippen LogP contribution in [-0.2, 0) is 4.79 Å². The van der Waals surface area contributed by atoms with Crippen molar-refractivity contribution in [2.75, 3.05) is 12.4 Å². The van der Waals surface area contributed by atoms with Gasteiger partial charge in [-0.3, -0.25) is 4.79 Å². The van der Waals surface area contributed by atoms with Crippen LogP contribution in [0.2, 0.25) is 0 Å². The molecule has 0 saturated heterocycles. The number of rotatable bonds is 6. The van der Waals surface area contributed by atoms with Crippen molar-refractivity contribution in [1.82, 2.24) is 4.98 Å². The van der Waals surface area contributed by atoms with E-state index in [0.717, 1.165) is 40.4 Å². The SMILES string of the molecule is CCCC(=O)Nc1ccc(-c2cccc(-c3cccc(OC)c3)n2)cc1. The van der Waals surface area contributed by atoms with Gasteiger partial charge in [-0.1, -0.05) is 37.3 Å². The predicted molar refractivity (Wildman–Crippen MR) is 105 cm³/mol. The number of carbonyl (C=O) groups is 1. The Morgan fingerprint density at radius 1 is 0.962 bits per heavy atom. The van der Waals surface area contributed by atoms with Crippen molar-refractivity contribution in [3.63, 3.8) is 0 Å². The lowest BCUT2D eigenvalue weighted by atomic mass is 10.1. The number of carbonyl (C=O) groups excluding carboxylic acids is 1. The summed E-state index contributed by atoms with van der Waals surface area (Å²) in [6.07, 6.45) is 1.37. The Kier molecular flexibility index (Phi) is 5.64. The average molecular weight is 346 g/mol. The van der Waals surface area contributed by atoms with Gasteiger partial charge < -0.3 is 10.1 Å². The quantitative estimate of drug-likeness (QED) is 0.670. The number of methoxy groups -OCH3 is 1. The molecule has 26 heavy (non-hydrogen) atoms. The van der Waals surface area contributed by atoms with Crippen molar-refractivity contribution in [2.24, 2.45) is 0 Å². The van der Waals surface area contributed by atoms with Crippen molar-refractivity contribution in [1.29, 1.82) is 0 Å². The standard InChI is InChI=1S/C22H22N2O2/c1-3-6-22(25)23-18-13-11-16(12-14-18)20-9-5-10-21(24-20)17-7-4-8-19(15-17)26-2/h4-5,7-15H,3,6H2,1-2H3,(H,23,25). The highest BCUT2D eigenvalue weighted by molar-refractivity contribution is 5.90. The van der Waals surface area contributed by atoms with Gasteiger partial charge >= 0.3 is 0 Å². The van der Waals surface area contributed by atoms with Crippen LogP contribution in [0.4, 0.5) is 5.69 Å². The number of amides is 1. The van der Waals surface area contributed by atoms with Gasteiger partial charge in [0.2, 0.25) is 5.91 Å². The maximum atomic E-state index is 11.7. The summed E-state index contributed by atoms with van der Waals surface area (Å²) in [6.45, 7) is 1.99. The number of ether oxygens (including phenoxy) is 1. The lowest BCUT2D eigenvalue weighted by molar-refractivity contribution is -0.116. The second-order valence-electron chi connectivity index (χ2n) is 6.02. The molecule has 0 fully saturated rings. The largest absolute Gasteiger partial charge is 0.497 e. The van der Waals surface area contributed by atoms with Gasteiger partial charge in [0.25, 0.3) is 0 Å². The van der Waals surface area contributed by atoms with E-state index in [1.54, 1.807) is 7.11 Å². The van der Waals surface area contributed by atoms with Gasteiger partial charge in [0.1, 0.15) is 5.75 Å². The van der Waals surface area contributed by atoms with E-state index in [2.05, 4.69) is 5.32 Å². The molecule has 3 aromatic rings. The summed E-state index contributed by atoms with van der Waals surface area (Å²) in [4.78, 5) is 16.5. The molecule has 0 bridgehead atoms. The highest BCUT2D eigenvalue weighted by Gasteiger charge is 2.06. The van der Waals surface area contributed by atoms with E-state index >= 15 is 0 Å². The van der Waals surface area contributed by atoms with Crippen molar-refractivity contribution >= 4 is 11.6 Å². The van der Waals surface area contributed by atoms with Crippen LogP contribution >= 0.6 is 0 Å². The molecule has 0 unspecified atom stereocenters. The predicted octanol–water partition coefficient (Wildman–Crippen LogP) is 5.16. The topological polar surface area (TPSA) is 51.2 Å². The van der Waals surface area contributed by atoms with Crippen LogP contribution < -0.4 is 10.1 Å². The maximum absolute atomic E-state index is 11.7. The summed E-state index contributed by atoms with van der Waals surface area (Å²) in [7, 11) is 1.66. The number of benzene rings is 2. The molecule has 0 saturated carbocycles. The van der Waals surface area contributed by atoms with Gasteiger partial charge in [0, 0.05) is 23.2 Å². The molecule has 0 aliphatic rings. The number of hydrogen-bond acceptors (Lipinski definition) is 3. The molecule has 0 radical (unpaired) electrons. The third kappa shape index (κ3) is 4.28. The zero-order valence-corrected chi connectivity index (χ0v) is 15.0. The summed E-state index contributed by atoms with van der Waals surface area (Å²) in [5.74, 6) is 0.847. The third-order valence-corrected chi connectivity index (χ3v) is 4.06. The van der Waals surface area contributed by atoms with Gasteiger partial charge in [-0.15, -0.1) is 0 Å². The monoisotopic (exact) mass is 346 g/mol. The molecule has 1 N–H and O–H groups in total. The van der Waals surface area contributed by atoms with Gasteiger partial charge in [-0.2, -0.15) is 0 Å². The first kappa shape index (κ1) is 17.7. The summed E-state index contributed by atoms with van der Waals surface area (Å²) >= 11 is 0. The number of aromatic nitrogens is 1. The molecule has 4 nitrogen and oxygen atoms in total. The molecular weight excluding hydrogens is 324 g/mol. The van der Waals surface area contributed by atoms with Crippen molar-refractivity contribution < 1.29 is 9.53 Å². The van der Waals surface area contributed by atoms with Crippen LogP contribution in [0.3, 0.4) is 0 Å². The van der Waals surface area contributed by atoms with Crippen LogP contribution in [0.15, 0.2) is 66.7 Å². The van der Waals surface area contributed by atoms with Gasteiger partial charge in [-0.25, -0.2) is 4.98 Å². The minimum atomic E-state index is 0.0402. The van der Waals surface area contributed by atoms with Crippen molar-refractivity contribution in [3.05, 3.63) is 66.7 Å². The van der Waals surface area contributed by atoms with Crippen molar-refractivity contribution in [2.45, 2.75) is 19.8 Å². The van der Waals surface area contributed by atoms with E-state index in [4.69, 9.17) is 9.72 Å². The number of nitrogens with one attached hydrogen (secondary N) is 1. The molecule has 132 valence electrons. The first-order valence-electron chi connectivity index (χ1n) is 8.71. The Labute approximate surface area is 153 Å². The zero-order valence-electron chi connectivity index (χ0n) is 15.0. The number of hydrogen-bond donors (Lipinski definition) is 1. The van der Waals surface area contributed by atoms with E-state index in [9.17, 15) is 4.79 Å². The normalized spacial score (nSPS) is 10.4. The van der Waals surface area contributed by atoms with E-state index in [1.807, 2.05) is 73.7 Å². The minimum Gasteiger partial charge on any atom is -0.497 e. The summed E-state index contributed by atoms with van der Waals surface area (Å²) in [5.41, 5.74) is 4.59. The fraction of sp³-hybridized carbons (Fsp3) is 0.182. The highest BCUT2D eigenvalue weighted by Crippen LogP contribution is 2.26. The van der Waals surface area contributed by atoms with Crippen LogP contribution in [0.5, 0.6) is 5.75 Å². The molecule has 1 heterocycles. The maximum Gasteiger partial charge on any atom is 0.224 e. The molecule has 0 aliphatic heterocycles. The fourth-order valence-electron chi connectivity index (χ4n) is 2.71. The van der Waals surface area contributed by atoms with Gasteiger partial charge in [0.05, 0.1) is 18.5 Å². The number of nitrogens with zero attached hydrogens (tertiary/aromatic N) is 1. The molecule has 0 atom stereocenters. The number of pyridine rings is 1. The summed E-state index contributed by atoms with van der Waals surface area (Å²) in [5, 5.41) is 2.90. The van der Waals surface area contributed by atoms with E-state index < -0.39 is 0 Å². The van der Waals surface area contributed by atoms with E-state index in [1.165, 1.54) is 0 Å². The molecule has 3 rings (SSSR count). The van der Waals surface area contributed by atoms with Gasteiger partial charge in [-0.05, 0) is 42.8 Å². The summed E-state index contributed by atoms with van der Waals surface area (Å²) < 4.78 is 5.29. The first-order chi connectivity index (χ1) is 12.7. The Morgan fingerprint density at radius 3 is 2.35 bits per heavy atom. The molecule has 0 aliphatic carbocycles. The second-order valence-corrected chi connectivity index (χ2v) is 6.02. The molecule has 1 amide bonds. The molecule has 0 spiro atoms. The first-order valence-corrected chi connectivity index (χ1v) is 8.71. The Bertz CT molecular complexity index is 889. The van der Waals surface area contributed by atoms with E-state index in [-0.39, 0.29) is 5.91 Å². The zero-order chi connectivity index (χ0) is 18.4.